The third kappa shape index (κ3) is 3.43. The molecule has 0 saturated heterocycles. The number of H-pyrrole nitrogens is 1. The lowest BCUT2D eigenvalue weighted by molar-refractivity contribution is -0.133. The molecule has 1 aromatic heterocycles. The van der Waals surface area contributed by atoms with E-state index in [1.807, 2.05) is 37.4 Å². The van der Waals surface area contributed by atoms with Crippen LogP contribution in [0.4, 0.5) is 0 Å². The molecule has 0 saturated carbocycles. The first kappa shape index (κ1) is 15.5. The van der Waals surface area contributed by atoms with E-state index in [9.17, 15) is 4.79 Å². The summed E-state index contributed by atoms with van der Waals surface area (Å²) < 4.78 is 5.08. The number of aromatic amines is 1. The van der Waals surface area contributed by atoms with Gasteiger partial charge in [0.2, 0.25) is 5.91 Å². The number of nitrogens with one attached hydrogen (secondary N) is 1. The highest BCUT2D eigenvalue weighted by Gasteiger charge is 2.23. The standard InChI is InChI=1S/C16H23N3O2/c1-11(10-21-3)19(2)16(20)14(17)8-12-9-18-15-7-5-4-6-13(12)15/h4-7,9,11,14,18H,8,10,17H2,1-3H3/t11?,14-/m0/s1. The summed E-state index contributed by atoms with van der Waals surface area (Å²) in [5.74, 6) is -0.0650. The average molecular weight is 289 g/mol. The maximum absolute atomic E-state index is 12.4. The van der Waals surface area contributed by atoms with Gasteiger partial charge in [-0.05, 0) is 25.0 Å². The van der Waals surface area contributed by atoms with E-state index in [0.29, 0.717) is 13.0 Å². The van der Waals surface area contributed by atoms with Crippen LogP contribution in [0.15, 0.2) is 30.5 Å². The van der Waals surface area contributed by atoms with E-state index in [0.717, 1.165) is 16.5 Å². The van der Waals surface area contributed by atoms with Crippen molar-refractivity contribution in [3.05, 3.63) is 36.0 Å². The number of benzene rings is 1. The average Bonchev–Trinajstić information content (AvgIpc) is 2.89. The lowest BCUT2D eigenvalue weighted by Crippen LogP contribution is -2.47. The van der Waals surface area contributed by atoms with Gasteiger partial charge in [0.05, 0.1) is 18.7 Å². The Morgan fingerprint density at radius 1 is 1.43 bits per heavy atom. The molecule has 1 amide bonds. The molecule has 0 bridgehead atoms. The molecule has 114 valence electrons. The zero-order valence-electron chi connectivity index (χ0n) is 12.8. The van der Waals surface area contributed by atoms with E-state index in [1.54, 1.807) is 19.1 Å². The summed E-state index contributed by atoms with van der Waals surface area (Å²) in [7, 11) is 3.39. The van der Waals surface area contributed by atoms with E-state index in [1.165, 1.54) is 0 Å². The molecule has 21 heavy (non-hydrogen) atoms. The quantitative estimate of drug-likeness (QED) is 0.847. The lowest BCUT2D eigenvalue weighted by atomic mass is 10.0. The summed E-state index contributed by atoms with van der Waals surface area (Å²) in [6.45, 7) is 2.45. The number of amides is 1. The van der Waals surface area contributed by atoms with Crippen molar-refractivity contribution >= 4 is 16.8 Å². The molecular formula is C16H23N3O2. The first-order valence-electron chi connectivity index (χ1n) is 7.10. The van der Waals surface area contributed by atoms with Crippen LogP contribution in [0.3, 0.4) is 0 Å². The van der Waals surface area contributed by atoms with Gasteiger partial charge in [-0.3, -0.25) is 4.79 Å². The van der Waals surface area contributed by atoms with Crippen molar-refractivity contribution in [3.63, 3.8) is 0 Å². The smallest absolute Gasteiger partial charge is 0.239 e. The van der Waals surface area contributed by atoms with E-state index in [4.69, 9.17) is 10.5 Å². The number of ether oxygens (including phenoxy) is 1. The van der Waals surface area contributed by atoms with Crippen LogP contribution in [-0.2, 0) is 16.0 Å². The van der Waals surface area contributed by atoms with E-state index >= 15 is 0 Å². The van der Waals surface area contributed by atoms with Crippen molar-refractivity contribution in [1.29, 1.82) is 0 Å². The van der Waals surface area contributed by atoms with Crippen molar-refractivity contribution in [3.8, 4) is 0 Å². The van der Waals surface area contributed by atoms with Crippen molar-refractivity contribution in [2.24, 2.45) is 5.73 Å². The number of fused-ring (bicyclic) bond motifs is 1. The van der Waals surface area contributed by atoms with Crippen LogP contribution < -0.4 is 5.73 Å². The molecule has 1 unspecified atom stereocenters. The summed E-state index contributed by atoms with van der Waals surface area (Å²) in [5, 5.41) is 1.12. The second-order valence-corrected chi connectivity index (χ2v) is 5.42. The minimum Gasteiger partial charge on any atom is -0.383 e. The molecule has 2 aromatic rings. The summed E-state index contributed by atoms with van der Waals surface area (Å²) >= 11 is 0. The molecular weight excluding hydrogens is 266 g/mol. The Morgan fingerprint density at radius 3 is 2.86 bits per heavy atom. The Morgan fingerprint density at radius 2 is 2.14 bits per heavy atom. The number of nitrogens with two attached hydrogens (primary N) is 1. The minimum absolute atomic E-state index is 0.0107. The second kappa shape index (κ2) is 6.74. The van der Waals surface area contributed by atoms with Gasteiger partial charge in [0, 0.05) is 31.3 Å². The number of likely N-dealkylation sites (N-methyl/N-ethyl adjacent to an activating group) is 1. The largest absolute Gasteiger partial charge is 0.383 e. The summed E-state index contributed by atoms with van der Waals surface area (Å²) in [6, 6.07) is 7.48. The number of hydrogen-bond acceptors (Lipinski definition) is 3. The normalized spacial score (nSPS) is 14.1. The molecule has 3 N–H and O–H groups in total. The summed E-state index contributed by atoms with van der Waals surface area (Å²) in [4.78, 5) is 17.2. The van der Waals surface area contributed by atoms with Gasteiger partial charge in [-0.2, -0.15) is 0 Å². The van der Waals surface area contributed by atoms with Crippen LogP contribution in [0.2, 0.25) is 0 Å². The fourth-order valence-corrected chi connectivity index (χ4v) is 2.46. The monoisotopic (exact) mass is 289 g/mol. The highest BCUT2D eigenvalue weighted by Crippen LogP contribution is 2.19. The minimum atomic E-state index is -0.548. The van der Waals surface area contributed by atoms with Crippen LogP contribution in [0.5, 0.6) is 0 Å². The van der Waals surface area contributed by atoms with E-state index in [-0.39, 0.29) is 11.9 Å². The highest BCUT2D eigenvalue weighted by molar-refractivity contribution is 5.86. The lowest BCUT2D eigenvalue weighted by Gasteiger charge is -2.27. The maximum Gasteiger partial charge on any atom is 0.239 e. The Balaban J connectivity index is 2.07. The number of rotatable bonds is 6. The molecule has 0 aliphatic heterocycles. The third-order valence-electron chi connectivity index (χ3n) is 3.85. The Hall–Kier alpha value is -1.85. The second-order valence-electron chi connectivity index (χ2n) is 5.42. The fraction of sp³-hybridized carbons (Fsp3) is 0.438. The Labute approximate surface area is 125 Å². The number of nitrogens with zero attached hydrogens (tertiary/aromatic N) is 1. The number of para-hydroxylation sites is 1. The van der Waals surface area contributed by atoms with E-state index in [2.05, 4.69) is 4.98 Å². The first-order valence-corrected chi connectivity index (χ1v) is 7.10. The van der Waals surface area contributed by atoms with Gasteiger partial charge >= 0.3 is 0 Å². The number of carbonyl (C=O) groups excluding carboxylic acids is 1. The van der Waals surface area contributed by atoms with Gasteiger partial charge in [-0.15, -0.1) is 0 Å². The molecule has 0 radical (unpaired) electrons. The zero-order valence-corrected chi connectivity index (χ0v) is 12.8. The number of carbonyl (C=O) groups is 1. The van der Waals surface area contributed by atoms with Crippen LogP contribution in [0.1, 0.15) is 12.5 Å². The zero-order chi connectivity index (χ0) is 15.4. The number of hydrogen-bond donors (Lipinski definition) is 2. The molecule has 0 aliphatic rings. The summed E-state index contributed by atoms with van der Waals surface area (Å²) in [6.07, 6.45) is 2.45. The third-order valence-corrected chi connectivity index (χ3v) is 3.85. The topological polar surface area (TPSA) is 71.3 Å². The van der Waals surface area contributed by atoms with Crippen LogP contribution in [-0.4, -0.2) is 48.6 Å². The van der Waals surface area contributed by atoms with Gasteiger partial charge in [-0.25, -0.2) is 0 Å². The maximum atomic E-state index is 12.4. The van der Waals surface area contributed by atoms with Gasteiger partial charge in [0.1, 0.15) is 0 Å². The van der Waals surface area contributed by atoms with Crippen LogP contribution in [0, 0.1) is 0 Å². The van der Waals surface area contributed by atoms with Crippen LogP contribution >= 0.6 is 0 Å². The number of aromatic nitrogens is 1. The van der Waals surface area contributed by atoms with Crippen molar-refractivity contribution in [1.82, 2.24) is 9.88 Å². The van der Waals surface area contributed by atoms with Gasteiger partial charge in [0.25, 0.3) is 0 Å². The van der Waals surface area contributed by atoms with Crippen molar-refractivity contribution in [2.75, 3.05) is 20.8 Å². The van der Waals surface area contributed by atoms with Crippen molar-refractivity contribution < 1.29 is 9.53 Å². The summed E-state index contributed by atoms with van der Waals surface area (Å²) in [5.41, 5.74) is 8.22. The predicted octanol–water partition coefficient (Wildman–Crippen LogP) is 1.53. The van der Waals surface area contributed by atoms with Crippen molar-refractivity contribution in [2.45, 2.75) is 25.4 Å². The molecule has 0 fully saturated rings. The highest BCUT2D eigenvalue weighted by atomic mass is 16.5. The Bertz CT molecular complexity index is 608. The van der Waals surface area contributed by atoms with Gasteiger partial charge in [-0.1, -0.05) is 18.2 Å². The first-order chi connectivity index (χ1) is 10.0. The predicted molar refractivity (Wildman–Crippen MR) is 84.1 cm³/mol. The SMILES string of the molecule is COCC(C)N(C)C(=O)[C@@H](N)Cc1c[nH]c2ccccc12. The van der Waals surface area contributed by atoms with E-state index < -0.39 is 6.04 Å². The molecule has 0 aliphatic carbocycles. The fourth-order valence-electron chi connectivity index (χ4n) is 2.46. The number of methoxy groups -OCH3 is 1. The molecule has 1 aromatic carbocycles. The van der Waals surface area contributed by atoms with Gasteiger partial charge < -0.3 is 20.4 Å². The molecule has 1 heterocycles. The molecule has 2 rings (SSSR count). The molecule has 5 heteroatoms. The van der Waals surface area contributed by atoms with Gasteiger partial charge in [0.15, 0.2) is 0 Å². The molecule has 5 nitrogen and oxygen atoms in total. The molecule has 2 atom stereocenters. The van der Waals surface area contributed by atoms with Crippen LogP contribution in [0.25, 0.3) is 10.9 Å². The Kier molecular flexibility index (Phi) is 4.98. The molecule has 0 spiro atoms.